The Labute approximate surface area is 228 Å². The molecule has 0 amide bonds. The Morgan fingerprint density at radius 2 is 1.71 bits per heavy atom. The minimum atomic E-state index is -1.69. The second kappa shape index (κ2) is 9.14. The van der Waals surface area contributed by atoms with E-state index in [1.54, 1.807) is 0 Å². The third-order valence-electron chi connectivity index (χ3n) is 8.68. The Balaban J connectivity index is 1.53. The predicted octanol–water partition coefficient (Wildman–Crippen LogP) is 8.53. The number of aromatic nitrogens is 1. The Morgan fingerprint density at radius 1 is 0.921 bits per heavy atom. The van der Waals surface area contributed by atoms with Crippen molar-refractivity contribution in [2.75, 3.05) is 0 Å². The van der Waals surface area contributed by atoms with Crippen LogP contribution in [0.1, 0.15) is 70.8 Å². The summed E-state index contributed by atoms with van der Waals surface area (Å²) in [5, 5.41) is 12.1. The summed E-state index contributed by atoms with van der Waals surface area (Å²) in [5.41, 5.74) is 7.53. The van der Waals surface area contributed by atoms with E-state index in [2.05, 4.69) is 35.8 Å². The summed E-state index contributed by atoms with van der Waals surface area (Å²) in [7, 11) is 2.02. The van der Waals surface area contributed by atoms with Crippen molar-refractivity contribution in [3.63, 3.8) is 0 Å². The van der Waals surface area contributed by atoms with Crippen molar-refractivity contribution in [3.8, 4) is 28.5 Å². The van der Waals surface area contributed by atoms with E-state index in [0.717, 1.165) is 64.4 Å². The van der Waals surface area contributed by atoms with Gasteiger partial charge in [-0.3, -0.25) is 0 Å². The molecule has 3 nitrogen and oxygen atoms in total. The van der Waals surface area contributed by atoms with Gasteiger partial charge in [-0.1, -0.05) is 49.6 Å². The van der Waals surface area contributed by atoms with Gasteiger partial charge in [0.1, 0.15) is 18.2 Å². The highest BCUT2D eigenvalue weighted by atomic mass is 16.3. The van der Waals surface area contributed by atoms with Crippen LogP contribution in [-0.4, -0.2) is 0 Å². The van der Waals surface area contributed by atoms with Crippen LogP contribution in [0.5, 0.6) is 0 Å². The van der Waals surface area contributed by atoms with Crippen LogP contribution in [0.15, 0.2) is 71.3 Å². The number of hydrogen-bond donors (Lipinski definition) is 0. The standard InChI is InChI=1S/C35H33N2O/c1-22-14-16-29-30-17-15-24(21-36)33(35(30)38-34(29)32(22)31-13-6-7-20-37(31)2)28-12-8-11-26-25(18-19-27(26)28)23-9-4-3-5-10-23/h6-8,11-17,20,23,25H,3-5,9-10,18-19H2,1-2H3/q+1/i19D2,25D. The maximum absolute atomic E-state index is 10.3. The minimum absolute atomic E-state index is 0.136. The molecular formula is C35H33N2O+. The first kappa shape index (κ1) is 20.1. The van der Waals surface area contributed by atoms with Crippen molar-refractivity contribution in [2.45, 2.75) is 57.7 Å². The van der Waals surface area contributed by atoms with Gasteiger partial charge in [0.2, 0.25) is 5.69 Å². The molecule has 5 aromatic rings. The van der Waals surface area contributed by atoms with Gasteiger partial charge in [0.25, 0.3) is 0 Å². The van der Waals surface area contributed by atoms with Crippen LogP contribution in [0, 0.1) is 24.2 Å². The quantitative estimate of drug-likeness (QED) is 0.233. The van der Waals surface area contributed by atoms with Crippen LogP contribution in [-0.2, 0) is 13.4 Å². The summed E-state index contributed by atoms with van der Waals surface area (Å²) in [6, 6.07) is 22.2. The maximum atomic E-state index is 10.3. The zero-order valence-corrected chi connectivity index (χ0v) is 22.0. The molecule has 0 aliphatic heterocycles. The smallest absolute Gasteiger partial charge is 0.216 e. The van der Waals surface area contributed by atoms with Crippen LogP contribution in [0.25, 0.3) is 44.3 Å². The van der Waals surface area contributed by atoms with Crippen LogP contribution >= 0.6 is 0 Å². The average Bonchev–Trinajstić information content (AvgIpc) is 3.45. The van der Waals surface area contributed by atoms with E-state index < -0.39 is 12.3 Å². The number of aryl methyl sites for hydroxylation is 2. The van der Waals surface area contributed by atoms with Crippen molar-refractivity contribution in [3.05, 3.63) is 89.1 Å². The fourth-order valence-electron chi connectivity index (χ4n) is 6.78. The lowest BCUT2D eigenvalue weighted by Crippen LogP contribution is -2.30. The highest BCUT2D eigenvalue weighted by molar-refractivity contribution is 6.14. The monoisotopic (exact) mass is 500 g/mol. The second-order valence-corrected chi connectivity index (χ2v) is 10.9. The van der Waals surface area contributed by atoms with Crippen molar-refractivity contribution in [2.24, 2.45) is 13.0 Å². The normalized spacial score (nSPS) is 22.1. The van der Waals surface area contributed by atoms with E-state index in [1.165, 1.54) is 6.42 Å². The fraction of sp³-hybridized carbons (Fsp3) is 0.314. The third kappa shape index (κ3) is 3.51. The van der Waals surface area contributed by atoms with Crippen LogP contribution in [0.3, 0.4) is 0 Å². The Hall–Kier alpha value is -3.90. The fourth-order valence-corrected chi connectivity index (χ4v) is 6.78. The number of nitriles is 1. The van der Waals surface area contributed by atoms with Gasteiger partial charge in [0.05, 0.1) is 17.2 Å². The Morgan fingerprint density at radius 3 is 2.50 bits per heavy atom. The van der Waals surface area contributed by atoms with Gasteiger partial charge in [0, 0.05) is 32.6 Å². The molecule has 3 aromatic carbocycles. The van der Waals surface area contributed by atoms with Crippen molar-refractivity contribution >= 4 is 21.9 Å². The van der Waals surface area contributed by atoms with Crippen LogP contribution in [0.2, 0.25) is 0 Å². The highest BCUT2D eigenvalue weighted by Crippen LogP contribution is 2.49. The number of furan rings is 1. The van der Waals surface area contributed by atoms with E-state index in [4.69, 9.17) is 4.42 Å². The summed E-state index contributed by atoms with van der Waals surface area (Å²) in [4.78, 5) is 0. The molecule has 1 unspecified atom stereocenters. The summed E-state index contributed by atoms with van der Waals surface area (Å²) in [5.74, 6) is -0.840. The van der Waals surface area contributed by atoms with E-state index >= 15 is 0 Å². The van der Waals surface area contributed by atoms with Crippen molar-refractivity contribution < 1.29 is 13.1 Å². The predicted molar refractivity (Wildman–Crippen MR) is 153 cm³/mol. The molecule has 2 heterocycles. The summed E-state index contributed by atoms with van der Waals surface area (Å²) in [6.45, 7) is 2.08. The molecule has 0 radical (unpaired) electrons. The number of rotatable bonds is 3. The lowest BCUT2D eigenvalue weighted by atomic mass is 9.77. The second-order valence-electron chi connectivity index (χ2n) is 10.9. The summed E-state index contributed by atoms with van der Waals surface area (Å²) < 4.78 is 36.9. The van der Waals surface area contributed by atoms with Crippen molar-refractivity contribution in [1.29, 1.82) is 5.26 Å². The molecule has 0 saturated heterocycles. The molecule has 2 aliphatic carbocycles. The van der Waals surface area contributed by atoms with Gasteiger partial charge >= 0.3 is 0 Å². The number of hydrogen-bond acceptors (Lipinski definition) is 2. The zero-order valence-electron chi connectivity index (χ0n) is 25.0. The molecule has 7 rings (SSSR count). The Bertz CT molecular complexity index is 1890. The van der Waals surface area contributed by atoms with E-state index in [9.17, 15) is 9.37 Å². The topological polar surface area (TPSA) is 40.8 Å². The molecule has 0 bridgehead atoms. The van der Waals surface area contributed by atoms with Crippen LogP contribution < -0.4 is 4.57 Å². The number of benzene rings is 3. The molecule has 1 atom stereocenters. The molecule has 188 valence electrons. The molecule has 0 spiro atoms. The molecule has 3 heteroatoms. The van der Waals surface area contributed by atoms with Crippen LogP contribution in [0.4, 0.5) is 0 Å². The van der Waals surface area contributed by atoms with Crippen molar-refractivity contribution in [1.82, 2.24) is 0 Å². The third-order valence-corrected chi connectivity index (χ3v) is 8.68. The SMILES string of the molecule is [2H]C1([2H])CC([2H])(C2CCCCC2)c2cccc(-c3c(C#N)ccc4c3oc3c(-c5cccc[n+]5C)c(C)ccc34)c21. The molecule has 2 aromatic heterocycles. The molecule has 1 fully saturated rings. The molecule has 1 saturated carbocycles. The van der Waals surface area contributed by atoms with Gasteiger partial charge in [-0.15, -0.1) is 0 Å². The van der Waals surface area contributed by atoms with Gasteiger partial charge in [0.15, 0.2) is 6.20 Å². The number of nitrogens with zero attached hydrogens (tertiary/aromatic N) is 2. The van der Waals surface area contributed by atoms with Gasteiger partial charge in [-0.05, 0) is 84.8 Å². The molecule has 38 heavy (non-hydrogen) atoms. The number of fused-ring (bicyclic) bond motifs is 4. The molecule has 0 N–H and O–H groups in total. The first-order valence-corrected chi connectivity index (χ1v) is 13.7. The summed E-state index contributed by atoms with van der Waals surface area (Å²) in [6.07, 6.45) is 5.78. The minimum Gasteiger partial charge on any atom is -0.454 e. The Kier molecular flexibility index (Phi) is 4.84. The number of pyridine rings is 1. The van der Waals surface area contributed by atoms with E-state index in [0.29, 0.717) is 27.8 Å². The maximum Gasteiger partial charge on any atom is 0.216 e. The lowest BCUT2D eigenvalue weighted by Gasteiger charge is -2.28. The largest absolute Gasteiger partial charge is 0.454 e. The average molecular weight is 501 g/mol. The van der Waals surface area contributed by atoms with Gasteiger partial charge < -0.3 is 4.42 Å². The first-order valence-electron chi connectivity index (χ1n) is 15.2. The molecular weight excluding hydrogens is 464 g/mol. The highest BCUT2D eigenvalue weighted by Gasteiger charge is 2.33. The lowest BCUT2D eigenvalue weighted by molar-refractivity contribution is -0.660. The first-order chi connectivity index (χ1) is 19.7. The summed E-state index contributed by atoms with van der Waals surface area (Å²) >= 11 is 0. The molecule has 2 aliphatic rings. The van der Waals surface area contributed by atoms with E-state index in [-0.39, 0.29) is 12.3 Å². The van der Waals surface area contributed by atoms with Gasteiger partial charge in [-0.2, -0.15) is 5.26 Å². The van der Waals surface area contributed by atoms with E-state index in [1.807, 2.05) is 55.7 Å². The van der Waals surface area contributed by atoms with Gasteiger partial charge in [-0.25, -0.2) is 4.57 Å². The zero-order chi connectivity index (χ0) is 28.5.